The SMILES string of the molecule is CCC1(c2ccc(OC)cc2)ON(c2ccccc2C(F)(F)F)C1=O. The number of halogens is 3. The molecule has 0 aliphatic carbocycles. The van der Waals surface area contributed by atoms with Gasteiger partial charge in [0.2, 0.25) is 5.60 Å². The molecular formula is C18H16F3NO3. The summed E-state index contributed by atoms with van der Waals surface area (Å²) in [6.07, 6.45) is -4.28. The molecule has 0 spiro atoms. The topological polar surface area (TPSA) is 38.8 Å². The summed E-state index contributed by atoms with van der Waals surface area (Å²) < 4.78 is 44.6. The molecule has 1 aliphatic rings. The van der Waals surface area contributed by atoms with Gasteiger partial charge in [-0.2, -0.15) is 18.2 Å². The fourth-order valence-electron chi connectivity index (χ4n) is 2.87. The van der Waals surface area contributed by atoms with Crippen LogP contribution in [-0.2, 0) is 21.4 Å². The molecule has 1 saturated heterocycles. The van der Waals surface area contributed by atoms with Crippen molar-refractivity contribution < 1.29 is 27.5 Å². The molecule has 132 valence electrons. The maximum atomic E-state index is 13.2. The van der Waals surface area contributed by atoms with E-state index >= 15 is 0 Å². The maximum absolute atomic E-state index is 13.2. The Balaban J connectivity index is 1.94. The predicted octanol–water partition coefficient (Wildman–Crippen LogP) is 4.30. The molecule has 0 aromatic heterocycles. The summed E-state index contributed by atoms with van der Waals surface area (Å²) in [6.45, 7) is 1.75. The van der Waals surface area contributed by atoms with Crippen molar-refractivity contribution >= 4 is 11.6 Å². The lowest BCUT2D eigenvalue weighted by atomic mass is 9.87. The van der Waals surface area contributed by atoms with Gasteiger partial charge >= 0.3 is 6.18 Å². The number of ether oxygens (including phenoxy) is 1. The summed E-state index contributed by atoms with van der Waals surface area (Å²) in [7, 11) is 1.52. The van der Waals surface area contributed by atoms with Gasteiger partial charge in [0, 0.05) is 0 Å². The number of benzene rings is 2. The first-order chi connectivity index (χ1) is 11.8. The van der Waals surface area contributed by atoms with Crippen LogP contribution in [0.2, 0.25) is 0 Å². The molecule has 1 unspecified atom stereocenters. The van der Waals surface area contributed by atoms with Gasteiger partial charge in [-0.05, 0) is 36.2 Å². The zero-order valence-electron chi connectivity index (χ0n) is 13.6. The van der Waals surface area contributed by atoms with Crippen LogP contribution in [-0.4, -0.2) is 13.0 Å². The lowest BCUT2D eigenvalue weighted by Gasteiger charge is -2.47. The molecule has 0 saturated carbocycles. The van der Waals surface area contributed by atoms with Crippen LogP contribution in [0.4, 0.5) is 18.9 Å². The Hall–Kier alpha value is -2.54. The van der Waals surface area contributed by atoms with Crippen molar-refractivity contribution in [3.63, 3.8) is 0 Å². The van der Waals surface area contributed by atoms with Gasteiger partial charge in [-0.25, -0.2) is 4.84 Å². The molecule has 0 N–H and O–H groups in total. The van der Waals surface area contributed by atoms with Gasteiger partial charge in [-0.15, -0.1) is 0 Å². The monoisotopic (exact) mass is 351 g/mol. The quantitative estimate of drug-likeness (QED) is 0.824. The second kappa shape index (κ2) is 6.07. The average molecular weight is 351 g/mol. The van der Waals surface area contributed by atoms with Gasteiger partial charge in [-0.3, -0.25) is 4.79 Å². The first-order valence-electron chi connectivity index (χ1n) is 7.68. The minimum atomic E-state index is -4.58. The van der Waals surface area contributed by atoms with Crippen LogP contribution in [0.25, 0.3) is 0 Å². The van der Waals surface area contributed by atoms with Crippen LogP contribution in [0.1, 0.15) is 24.5 Å². The molecule has 1 atom stereocenters. The van der Waals surface area contributed by atoms with E-state index in [0.29, 0.717) is 17.7 Å². The Bertz CT molecular complexity index is 789. The summed E-state index contributed by atoms with van der Waals surface area (Å²) in [5, 5.41) is 0.719. The Kier molecular flexibility index (Phi) is 4.20. The van der Waals surface area contributed by atoms with Crippen LogP contribution in [0.15, 0.2) is 48.5 Å². The lowest BCUT2D eigenvalue weighted by Crippen LogP contribution is -2.62. The van der Waals surface area contributed by atoms with E-state index in [4.69, 9.17) is 9.57 Å². The second-order valence-electron chi connectivity index (χ2n) is 5.61. The fourth-order valence-corrected chi connectivity index (χ4v) is 2.87. The van der Waals surface area contributed by atoms with E-state index in [1.807, 2.05) is 0 Å². The van der Waals surface area contributed by atoms with Gasteiger partial charge in [-0.1, -0.05) is 31.2 Å². The van der Waals surface area contributed by atoms with Gasteiger partial charge in [0.15, 0.2) is 0 Å². The van der Waals surface area contributed by atoms with Crippen LogP contribution in [0, 0.1) is 0 Å². The Labute approximate surface area is 142 Å². The molecule has 3 rings (SSSR count). The number of hydrogen-bond acceptors (Lipinski definition) is 3. The van der Waals surface area contributed by atoms with E-state index in [0.717, 1.165) is 11.1 Å². The van der Waals surface area contributed by atoms with Gasteiger partial charge < -0.3 is 4.74 Å². The number of alkyl halides is 3. The normalized spacial score (nSPS) is 20.4. The number of carbonyl (C=O) groups is 1. The minimum Gasteiger partial charge on any atom is -0.497 e. The highest BCUT2D eigenvalue weighted by atomic mass is 19.4. The van der Waals surface area contributed by atoms with E-state index < -0.39 is 23.2 Å². The van der Waals surface area contributed by atoms with E-state index in [2.05, 4.69) is 0 Å². The summed E-state index contributed by atoms with van der Waals surface area (Å²) >= 11 is 0. The maximum Gasteiger partial charge on any atom is 0.418 e. The van der Waals surface area contributed by atoms with Crippen molar-refractivity contribution in [2.24, 2.45) is 0 Å². The van der Waals surface area contributed by atoms with Gasteiger partial charge in [0.25, 0.3) is 5.91 Å². The molecule has 2 aromatic rings. The molecule has 1 fully saturated rings. The fraction of sp³-hybridized carbons (Fsp3) is 0.278. The molecule has 25 heavy (non-hydrogen) atoms. The third-order valence-corrected chi connectivity index (χ3v) is 4.26. The number of methoxy groups -OCH3 is 1. The Morgan fingerprint density at radius 1 is 1.12 bits per heavy atom. The van der Waals surface area contributed by atoms with Crippen LogP contribution in [0.5, 0.6) is 5.75 Å². The zero-order valence-corrected chi connectivity index (χ0v) is 13.6. The number of rotatable bonds is 4. The standard InChI is InChI=1S/C18H16F3NO3/c1-3-17(12-8-10-13(24-2)11-9-12)16(23)22(25-17)15-7-5-4-6-14(15)18(19,20)21/h4-11H,3H2,1-2H3. The first-order valence-corrected chi connectivity index (χ1v) is 7.68. The number of para-hydroxylation sites is 1. The van der Waals surface area contributed by atoms with Gasteiger partial charge in [0.05, 0.1) is 18.4 Å². The second-order valence-corrected chi connectivity index (χ2v) is 5.61. The third-order valence-electron chi connectivity index (χ3n) is 4.26. The molecule has 2 aromatic carbocycles. The summed E-state index contributed by atoms with van der Waals surface area (Å²) in [5.41, 5.74) is -1.94. The highest BCUT2D eigenvalue weighted by Gasteiger charge is 2.56. The van der Waals surface area contributed by atoms with Crippen molar-refractivity contribution in [1.82, 2.24) is 0 Å². The molecule has 1 aliphatic heterocycles. The molecule has 0 bridgehead atoms. The van der Waals surface area contributed by atoms with Crippen molar-refractivity contribution in [2.75, 3.05) is 12.2 Å². The number of amides is 1. The zero-order chi connectivity index (χ0) is 18.2. The van der Waals surface area contributed by atoms with E-state index in [-0.39, 0.29) is 5.69 Å². The molecule has 1 amide bonds. The minimum absolute atomic E-state index is 0.294. The van der Waals surface area contributed by atoms with Crippen molar-refractivity contribution in [3.05, 3.63) is 59.7 Å². The lowest BCUT2D eigenvalue weighted by molar-refractivity contribution is -0.192. The van der Waals surface area contributed by atoms with Crippen LogP contribution < -0.4 is 9.80 Å². The average Bonchev–Trinajstić information content (AvgIpc) is 2.61. The van der Waals surface area contributed by atoms with Gasteiger partial charge in [0.1, 0.15) is 5.75 Å². The summed E-state index contributed by atoms with van der Waals surface area (Å²) in [5.74, 6) is 0.0814. The highest BCUT2D eigenvalue weighted by molar-refractivity contribution is 6.03. The number of hydrogen-bond donors (Lipinski definition) is 0. The van der Waals surface area contributed by atoms with E-state index in [1.165, 1.54) is 25.3 Å². The van der Waals surface area contributed by atoms with E-state index in [9.17, 15) is 18.0 Å². The van der Waals surface area contributed by atoms with Crippen LogP contribution in [0.3, 0.4) is 0 Å². The molecule has 7 heteroatoms. The van der Waals surface area contributed by atoms with E-state index in [1.54, 1.807) is 31.2 Å². The number of hydroxylamine groups is 1. The third kappa shape index (κ3) is 2.74. The highest BCUT2D eigenvalue weighted by Crippen LogP contribution is 2.46. The number of carbonyl (C=O) groups excluding carboxylic acids is 1. The summed E-state index contributed by atoms with van der Waals surface area (Å²) in [6, 6.07) is 11.5. The molecule has 0 radical (unpaired) electrons. The van der Waals surface area contributed by atoms with Crippen molar-refractivity contribution in [1.29, 1.82) is 0 Å². The number of nitrogens with zero attached hydrogens (tertiary/aromatic N) is 1. The first kappa shape index (κ1) is 17.3. The predicted molar refractivity (Wildman–Crippen MR) is 85.0 cm³/mol. The largest absolute Gasteiger partial charge is 0.497 e. The Morgan fingerprint density at radius 2 is 1.76 bits per heavy atom. The van der Waals surface area contributed by atoms with Crippen molar-refractivity contribution in [3.8, 4) is 5.75 Å². The number of anilines is 1. The van der Waals surface area contributed by atoms with Crippen molar-refractivity contribution in [2.45, 2.75) is 25.1 Å². The smallest absolute Gasteiger partial charge is 0.418 e. The molecule has 4 nitrogen and oxygen atoms in total. The van der Waals surface area contributed by atoms with Crippen LogP contribution >= 0.6 is 0 Å². The Morgan fingerprint density at radius 3 is 2.28 bits per heavy atom. The molecular weight excluding hydrogens is 335 g/mol. The summed E-state index contributed by atoms with van der Waals surface area (Å²) in [4.78, 5) is 18.4. The molecule has 1 heterocycles.